The molecule has 0 fully saturated rings. The molecule has 6 nitrogen and oxygen atoms in total. The summed E-state index contributed by atoms with van der Waals surface area (Å²) in [5.74, 6) is 0.946. The molecule has 0 aliphatic heterocycles. The number of rotatable bonds is 8. The highest BCUT2D eigenvalue weighted by Crippen LogP contribution is 2.25. The topological polar surface area (TPSA) is 64.2 Å². The van der Waals surface area contributed by atoms with Crippen molar-refractivity contribution < 1.29 is 4.92 Å². The molecule has 0 saturated heterocycles. The summed E-state index contributed by atoms with van der Waals surface area (Å²) in [6.45, 7) is 14.7. The summed E-state index contributed by atoms with van der Waals surface area (Å²) in [6, 6.07) is 13.7. The highest BCUT2D eigenvalue weighted by molar-refractivity contribution is 5.78. The minimum Gasteiger partial charge on any atom is -0.326 e. The van der Waals surface area contributed by atoms with Gasteiger partial charge in [0, 0.05) is 31.6 Å². The van der Waals surface area contributed by atoms with E-state index in [1.165, 1.54) is 11.1 Å². The summed E-state index contributed by atoms with van der Waals surface area (Å²) < 4.78 is 2.22. The van der Waals surface area contributed by atoms with E-state index in [1.54, 1.807) is 12.1 Å². The normalized spacial score (nSPS) is 12.1. The van der Waals surface area contributed by atoms with Crippen LogP contribution in [0.15, 0.2) is 42.5 Å². The Morgan fingerprint density at radius 2 is 1.73 bits per heavy atom. The van der Waals surface area contributed by atoms with Crippen LogP contribution in [0.2, 0.25) is 0 Å². The minimum atomic E-state index is -0.362. The zero-order chi connectivity index (χ0) is 21.9. The zero-order valence-electron chi connectivity index (χ0n) is 18.7. The lowest BCUT2D eigenvalue weighted by molar-refractivity contribution is -0.384. The Balaban J connectivity index is 1.96. The molecule has 0 bridgehead atoms. The van der Waals surface area contributed by atoms with Gasteiger partial charge in [0.15, 0.2) is 0 Å². The third kappa shape index (κ3) is 4.87. The molecule has 0 N–H and O–H groups in total. The molecule has 1 aromatic heterocycles. The number of hydrogen-bond acceptors (Lipinski definition) is 4. The first kappa shape index (κ1) is 22.0. The summed E-state index contributed by atoms with van der Waals surface area (Å²) in [4.78, 5) is 18.0. The van der Waals surface area contributed by atoms with Crippen molar-refractivity contribution in [2.75, 3.05) is 19.6 Å². The number of nitro groups is 1. The molecule has 2 aromatic carbocycles. The van der Waals surface area contributed by atoms with Crippen molar-refractivity contribution in [1.82, 2.24) is 14.5 Å². The number of fused-ring (bicyclic) bond motifs is 1. The molecule has 0 aliphatic carbocycles. The van der Waals surface area contributed by atoms with Crippen LogP contribution in [0.5, 0.6) is 0 Å². The number of nitrogens with zero attached hydrogens (tertiary/aromatic N) is 4. The smallest absolute Gasteiger partial charge is 0.271 e. The number of nitro benzene ring substituents is 1. The van der Waals surface area contributed by atoms with Crippen LogP contribution in [0.3, 0.4) is 0 Å². The van der Waals surface area contributed by atoms with Gasteiger partial charge in [-0.05, 0) is 35.7 Å². The van der Waals surface area contributed by atoms with E-state index in [9.17, 15) is 10.1 Å². The molecule has 30 heavy (non-hydrogen) atoms. The second-order valence-electron chi connectivity index (χ2n) is 8.76. The van der Waals surface area contributed by atoms with E-state index in [4.69, 9.17) is 4.98 Å². The van der Waals surface area contributed by atoms with Gasteiger partial charge >= 0.3 is 0 Å². The highest BCUT2D eigenvalue weighted by Gasteiger charge is 2.17. The first-order chi connectivity index (χ1) is 14.2. The van der Waals surface area contributed by atoms with Gasteiger partial charge in [0.1, 0.15) is 5.82 Å². The lowest BCUT2D eigenvalue weighted by Gasteiger charge is -2.20. The van der Waals surface area contributed by atoms with Gasteiger partial charge in [-0.15, -0.1) is 0 Å². The SMILES string of the molecule is CCN(CC)CCn1c(Cc2ccc(C(C)(C)C)cc2)nc2cc([N+](=O)[O-])ccc21. The molecule has 0 amide bonds. The molecule has 6 heteroatoms. The van der Waals surface area contributed by atoms with Crippen molar-refractivity contribution >= 4 is 16.7 Å². The molecule has 3 aromatic rings. The minimum absolute atomic E-state index is 0.0805. The van der Waals surface area contributed by atoms with Crippen LogP contribution in [0.1, 0.15) is 51.6 Å². The summed E-state index contributed by atoms with van der Waals surface area (Å²) in [5, 5.41) is 11.2. The molecule has 3 rings (SSSR count). The fourth-order valence-corrected chi connectivity index (χ4v) is 3.75. The van der Waals surface area contributed by atoms with Gasteiger partial charge in [0.2, 0.25) is 0 Å². The van der Waals surface area contributed by atoms with Gasteiger partial charge in [-0.2, -0.15) is 0 Å². The van der Waals surface area contributed by atoms with Gasteiger partial charge in [0.05, 0.1) is 16.0 Å². The number of benzene rings is 2. The third-order valence-corrected chi connectivity index (χ3v) is 5.74. The molecule has 1 heterocycles. The van der Waals surface area contributed by atoms with Gasteiger partial charge < -0.3 is 9.47 Å². The van der Waals surface area contributed by atoms with Crippen LogP contribution in [0.4, 0.5) is 5.69 Å². The van der Waals surface area contributed by atoms with E-state index in [1.807, 2.05) is 6.07 Å². The summed E-state index contributed by atoms with van der Waals surface area (Å²) in [6.07, 6.45) is 0.700. The molecular weight excluding hydrogens is 376 g/mol. The fraction of sp³-hybridized carbons (Fsp3) is 0.458. The second kappa shape index (κ2) is 8.96. The third-order valence-electron chi connectivity index (χ3n) is 5.74. The van der Waals surface area contributed by atoms with Gasteiger partial charge in [-0.1, -0.05) is 58.9 Å². The lowest BCUT2D eigenvalue weighted by atomic mass is 9.86. The number of aromatic nitrogens is 2. The number of hydrogen-bond donors (Lipinski definition) is 0. The van der Waals surface area contributed by atoms with E-state index in [2.05, 4.69) is 68.4 Å². The fourth-order valence-electron chi connectivity index (χ4n) is 3.75. The Morgan fingerprint density at radius 3 is 2.30 bits per heavy atom. The highest BCUT2D eigenvalue weighted by atomic mass is 16.6. The average Bonchev–Trinajstić information content (AvgIpc) is 3.04. The molecule has 0 unspecified atom stereocenters. The van der Waals surface area contributed by atoms with Crippen LogP contribution in [0.25, 0.3) is 11.0 Å². The summed E-state index contributed by atoms with van der Waals surface area (Å²) >= 11 is 0. The van der Waals surface area contributed by atoms with Gasteiger partial charge in [-0.3, -0.25) is 10.1 Å². The van der Waals surface area contributed by atoms with Crippen molar-refractivity contribution in [1.29, 1.82) is 0 Å². The number of imidazole rings is 1. The van der Waals surface area contributed by atoms with Crippen molar-refractivity contribution in [2.24, 2.45) is 0 Å². The Hall–Kier alpha value is -2.73. The monoisotopic (exact) mass is 408 g/mol. The number of non-ortho nitro benzene ring substituents is 1. The van der Waals surface area contributed by atoms with Crippen LogP contribution < -0.4 is 0 Å². The number of likely N-dealkylation sites (N-methyl/N-ethyl adjacent to an activating group) is 1. The van der Waals surface area contributed by atoms with E-state index < -0.39 is 0 Å². The van der Waals surface area contributed by atoms with E-state index >= 15 is 0 Å². The quantitative estimate of drug-likeness (QED) is 0.381. The molecule has 0 spiro atoms. The van der Waals surface area contributed by atoms with Crippen molar-refractivity contribution in [3.8, 4) is 0 Å². The average molecular weight is 409 g/mol. The van der Waals surface area contributed by atoms with E-state index in [0.717, 1.165) is 37.5 Å². The first-order valence-corrected chi connectivity index (χ1v) is 10.7. The molecule has 0 radical (unpaired) electrons. The predicted molar refractivity (Wildman–Crippen MR) is 122 cm³/mol. The van der Waals surface area contributed by atoms with Gasteiger partial charge in [-0.25, -0.2) is 4.98 Å². The Labute approximate surface area is 178 Å². The van der Waals surface area contributed by atoms with Gasteiger partial charge in [0.25, 0.3) is 5.69 Å². The Bertz CT molecular complexity index is 1010. The maximum Gasteiger partial charge on any atom is 0.271 e. The van der Waals surface area contributed by atoms with Crippen molar-refractivity contribution in [2.45, 2.75) is 53.0 Å². The predicted octanol–water partition coefficient (Wildman–Crippen LogP) is 5.17. The molecule has 0 saturated carbocycles. The summed E-state index contributed by atoms with van der Waals surface area (Å²) in [5.41, 5.74) is 4.33. The lowest BCUT2D eigenvalue weighted by Crippen LogP contribution is -2.27. The van der Waals surface area contributed by atoms with Crippen LogP contribution in [-0.4, -0.2) is 39.0 Å². The van der Waals surface area contributed by atoms with Crippen molar-refractivity contribution in [3.05, 3.63) is 69.5 Å². The second-order valence-corrected chi connectivity index (χ2v) is 8.76. The largest absolute Gasteiger partial charge is 0.326 e. The first-order valence-electron chi connectivity index (χ1n) is 10.7. The summed E-state index contributed by atoms with van der Waals surface area (Å²) in [7, 11) is 0. The Kier molecular flexibility index (Phi) is 6.56. The molecular formula is C24H32N4O2. The van der Waals surface area contributed by atoms with E-state index in [-0.39, 0.29) is 16.0 Å². The van der Waals surface area contributed by atoms with E-state index in [0.29, 0.717) is 11.9 Å². The maximum absolute atomic E-state index is 11.2. The zero-order valence-corrected chi connectivity index (χ0v) is 18.7. The van der Waals surface area contributed by atoms with Crippen LogP contribution >= 0.6 is 0 Å². The van der Waals surface area contributed by atoms with Crippen molar-refractivity contribution in [3.63, 3.8) is 0 Å². The molecule has 160 valence electrons. The standard InChI is InChI=1S/C24H32N4O2/c1-6-26(7-2)14-15-27-22-13-12-20(28(29)30)17-21(22)25-23(27)16-18-8-10-19(11-9-18)24(3,4)5/h8-13,17H,6-7,14-16H2,1-5H3. The van der Waals surface area contributed by atoms with Crippen LogP contribution in [0, 0.1) is 10.1 Å². The maximum atomic E-state index is 11.2. The Morgan fingerprint density at radius 1 is 1.07 bits per heavy atom. The molecule has 0 aliphatic rings. The molecule has 0 atom stereocenters. The van der Waals surface area contributed by atoms with Crippen LogP contribution in [-0.2, 0) is 18.4 Å².